The summed E-state index contributed by atoms with van der Waals surface area (Å²) in [5.41, 5.74) is 2.20. The molecule has 0 aliphatic heterocycles. The molecule has 0 aliphatic carbocycles. The molecule has 0 fully saturated rings. The number of hydrogen-bond acceptors (Lipinski definition) is 5. The molecule has 0 spiro atoms. The number of nitrogens with one attached hydrogen (secondary N) is 1. The summed E-state index contributed by atoms with van der Waals surface area (Å²) >= 11 is 0. The average Bonchev–Trinajstić information content (AvgIpc) is 2.39. The Labute approximate surface area is 113 Å². The number of aromatic nitrogens is 2. The number of anilines is 4. The molecule has 19 heavy (non-hydrogen) atoms. The monoisotopic (exact) mass is 257 g/mol. The molecular weight excluding hydrogens is 238 g/mol. The first-order valence-electron chi connectivity index (χ1n) is 6.10. The molecule has 0 saturated carbocycles. The van der Waals surface area contributed by atoms with Gasteiger partial charge in [0, 0.05) is 64.1 Å². The van der Waals surface area contributed by atoms with Gasteiger partial charge < -0.3 is 15.1 Å². The summed E-state index contributed by atoms with van der Waals surface area (Å²) < 4.78 is 0. The van der Waals surface area contributed by atoms with E-state index < -0.39 is 0 Å². The molecule has 0 aromatic carbocycles. The average molecular weight is 257 g/mol. The number of pyridine rings is 2. The lowest BCUT2D eigenvalue weighted by molar-refractivity contribution is 1.11. The number of hydrogen-bond donors (Lipinski definition) is 1. The largest absolute Gasteiger partial charge is 0.378 e. The molecule has 0 amide bonds. The predicted molar refractivity (Wildman–Crippen MR) is 80.4 cm³/mol. The van der Waals surface area contributed by atoms with Crippen LogP contribution in [0, 0.1) is 0 Å². The Morgan fingerprint density at radius 2 is 1.21 bits per heavy atom. The van der Waals surface area contributed by atoms with Gasteiger partial charge in [-0.3, -0.25) is 0 Å². The van der Waals surface area contributed by atoms with Gasteiger partial charge in [-0.25, -0.2) is 9.97 Å². The van der Waals surface area contributed by atoms with Crippen LogP contribution in [0.25, 0.3) is 0 Å². The fourth-order valence-electron chi connectivity index (χ4n) is 1.66. The molecule has 0 aliphatic rings. The van der Waals surface area contributed by atoms with Crippen LogP contribution in [0.15, 0.2) is 36.7 Å². The second-order valence-electron chi connectivity index (χ2n) is 4.71. The molecule has 0 unspecified atom stereocenters. The Bertz CT molecular complexity index is 502. The minimum absolute atomic E-state index is 0.787. The summed E-state index contributed by atoms with van der Waals surface area (Å²) in [6.45, 7) is 0. The summed E-state index contributed by atoms with van der Waals surface area (Å²) in [6, 6.07) is 7.91. The lowest BCUT2D eigenvalue weighted by Gasteiger charge is -2.15. The Hall–Kier alpha value is -2.30. The third-order valence-electron chi connectivity index (χ3n) is 2.78. The van der Waals surface area contributed by atoms with Crippen molar-refractivity contribution < 1.29 is 0 Å². The van der Waals surface area contributed by atoms with E-state index in [1.165, 1.54) is 0 Å². The van der Waals surface area contributed by atoms with E-state index >= 15 is 0 Å². The Morgan fingerprint density at radius 1 is 0.789 bits per heavy atom. The van der Waals surface area contributed by atoms with E-state index in [0.29, 0.717) is 0 Å². The molecule has 0 saturated heterocycles. The van der Waals surface area contributed by atoms with Gasteiger partial charge in [-0.1, -0.05) is 0 Å². The zero-order valence-electron chi connectivity index (χ0n) is 11.8. The highest BCUT2D eigenvalue weighted by Crippen LogP contribution is 2.20. The molecule has 2 aromatic heterocycles. The molecular formula is C14H19N5. The zero-order valence-corrected chi connectivity index (χ0v) is 11.8. The molecule has 2 aromatic rings. The fourth-order valence-corrected chi connectivity index (χ4v) is 1.66. The van der Waals surface area contributed by atoms with Gasteiger partial charge in [0.1, 0.15) is 11.6 Å². The van der Waals surface area contributed by atoms with Crippen molar-refractivity contribution in [3.63, 3.8) is 0 Å². The first-order chi connectivity index (χ1) is 9.06. The molecule has 5 heteroatoms. The van der Waals surface area contributed by atoms with E-state index in [0.717, 1.165) is 23.0 Å². The van der Waals surface area contributed by atoms with E-state index in [9.17, 15) is 0 Å². The van der Waals surface area contributed by atoms with Crippen molar-refractivity contribution >= 4 is 23.0 Å². The van der Waals surface area contributed by atoms with Crippen LogP contribution in [0.5, 0.6) is 0 Å². The first-order valence-corrected chi connectivity index (χ1v) is 6.10. The van der Waals surface area contributed by atoms with Crippen LogP contribution in [0.2, 0.25) is 0 Å². The van der Waals surface area contributed by atoms with Gasteiger partial charge in [0.2, 0.25) is 0 Å². The van der Waals surface area contributed by atoms with Crippen LogP contribution in [0.1, 0.15) is 0 Å². The van der Waals surface area contributed by atoms with Gasteiger partial charge in [0.25, 0.3) is 0 Å². The van der Waals surface area contributed by atoms with Crippen molar-refractivity contribution in [2.75, 3.05) is 43.3 Å². The minimum atomic E-state index is 0.787. The molecule has 1 N–H and O–H groups in total. The van der Waals surface area contributed by atoms with Crippen LogP contribution in [-0.4, -0.2) is 38.2 Å². The maximum Gasteiger partial charge on any atom is 0.133 e. The molecule has 2 heterocycles. The SMILES string of the molecule is CN(C)c1ccnc(Nc2cc(N(C)C)ccn2)c1. The van der Waals surface area contributed by atoms with Crippen molar-refractivity contribution in [3.05, 3.63) is 36.7 Å². The first kappa shape index (κ1) is 13.1. The maximum absolute atomic E-state index is 4.30. The lowest BCUT2D eigenvalue weighted by Crippen LogP contribution is -2.10. The number of rotatable bonds is 4. The summed E-state index contributed by atoms with van der Waals surface area (Å²) in [6.07, 6.45) is 3.57. The summed E-state index contributed by atoms with van der Waals surface area (Å²) in [7, 11) is 8.02. The summed E-state index contributed by atoms with van der Waals surface area (Å²) in [4.78, 5) is 12.7. The highest BCUT2D eigenvalue weighted by atomic mass is 15.1. The molecule has 0 atom stereocenters. The van der Waals surface area contributed by atoms with Crippen molar-refractivity contribution in [1.82, 2.24) is 9.97 Å². The van der Waals surface area contributed by atoms with Crippen LogP contribution < -0.4 is 15.1 Å². The molecule has 100 valence electrons. The van der Waals surface area contributed by atoms with Crippen molar-refractivity contribution in [1.29, 1.82) is 0 Å². The van der Waals surface area contributed by atoms with Crippen molar-refractivity contribution in [2.45, 2.75) is 0 Å². The standard InChI is InChI=1S/C14H19N5/c1-18(2)11-5-7-15-13(9-11)17-14-10-12(19(3)4)6-8-16-14/h5-10H,1-4H3,(H,15,16,17). The van der Waals surface area contributed by atoms with E-state index in [4.69, 9.17) is 0 Å². The normalized spacial score (nSPS) is 10.1. The van der Waals surface area contributed by atoms with Gasteiger partial charge in [-0.05, 0) is 12.1 Å². The van der Waals surface area contributed by atoms with E-state index in [2.05, 4.69) is 15.3 Å². The molecule has 5 nitrogen and oxygen atoms in total. The fraction of sp³-hybridized carbons (Fsp3) is 0.286. The summed E-state index contributed by atoms with van der Waals surface area (Å²) in [5, 5.41) is 3.22. The highest BCUT2D eigenvalue weighted by Gasteiger charge is 2.02. The predicted octanol–water partition coefficient (Wildman–Crippen LogP) is 2.35. The van der Waals surface area contributed by atoms with Gasteiger partial charge in [-0.2, -0.15) is 0 Å². The summed E-state index contributed by atoms with van der Waals surface area (Å²) in [5.74, 6) is 1.57. The van der Waals surface area contributed by atoms with Crippen molar-refractivity contribution in [2.24, 2.45) is 0 Å². The third-order valence-corrected chi connectivity index (χ3v) is 2.78. The lowest BCUT2D eigenvalue weighted by atomic mass is 10.3. The Kier molecular flexibility index (Phi) is 3.85. The van der Waals surface area contributed by atoms with E-state index in [-0.39, 0.29) is 0 Å². The smallest absolute Gasteiger partial charge is 0.133 e. The zero-order chi connectivity index (χ0) is 13.8. The van der Waals surface area contributed by atoms with Gasteiger partial charge in [-0.15, -0.1) is 0 Å². The molecule has 0 radical (unpaired) electrons. The van der Waals surface area contributed by atoms with Gasteiger partial charge >= 0.3 is 0 Å². The van der Waals surface area contributed by atoms with Crippen LogP contribution in [-0.2, 0) is 0 Å². The van der Waals surface area contributed by atoms with E-state index in [1.54, 1.807) is 12.4 Å². The quantitative estimate of drug-likeness (QED) is 0.911. The Balaban J connectivity index is 2.21. The second kappa shape index (κ2) is 5.56. The topological polar surface area (TPSA) is 44.3 Å². The Morgan fingerprint density at radius 3 is 1.58 bits per heavy atom. The maximum atomic E-state index is 4.30. The highest BCUT2D eigenvalue weighted by molar-refractivity contribution is 5.62. The minimum Gasteiger partial charge on any atom is -0.378 e. The van der Waals surface area contributed by atoms with Gasteiger partial charge in [0.15, 0.2) is 0 Å². The number of nitrogens with zero attached hydrogens (tertiary/aromatic N) is 4. The second-order valence-corrected chi connectivity index (χ2v) is 4.71. The molecule has 2 rings (SSSR count). The van der Waals surface area contributed by atoms with Crippen LogP contribution >= 0.6 is 0 Å². The third kappa shape index (κ3) is 3.34. The van der Waals surface area contributed by atoms with Crippen LogP contribution in [0.3, 0.4) is 0 Å². The van der Waals surface area contributed by atoms with Crippen molar-refractivity contribution in [3.8, 4) is 0 Å². The van der Waals surface area contributed by atoms with Crippen LogP contribution in [0.4, 0.5) is 23.0 Å². The molecule has 0 bridgehead atoms. The van der Waals surface area contributed by atoms with Gasteiger partial charge in [0.05, 0.1) is 0 Å². The van der Waals surface area contributed by atoms with E-state index in [1.807, 2.05) is 62.3 Å².